The molecule has 1 aromatic rings. The molecular weight excluding hydrogens is 264 g/mol. The minimum atomic E-state index is -4.63. The molecule has 0 bridgehead atoms. The fourth-order valence-corrected chi connectivity index (χ4v) is 4.65. The van der Waals surface area contributed by atoms with E-state index in [1.807, 2.05) is 6.92 Å². The highest BCUT2D eigenvalue weighted by molar-refractivity contribution is 7.73. The van der Waals surface area contributed by atoms with Gasteiger partial charge >= 0.3 is 7.60 Å². The number of nitrogens with zero attached hydrogens (tertiary/aromatic N) is 1. The third-order valence-electron chi connectivity index (χ3n) is 2.31. The molecule has 6 nitrogen and oxygen atoms in total. The summed E-state index contributed by atoms with van der Waals surface area (Å²) in [5.74, 6) is 0. The molecule has 0 amide bonds. The van der Waals surface area contributed by atoms with Crippen LogP contribution in [-0.2, 0) is 15.6 Å². The van der Waals surface area contributed by atoms with Crippen molar-refractivity contribution >= 4 is 15.0 Å². The maximum atomic E-state index is 11.5. The molecular formula is C9H15NO5P2. The number of hydrogen-bond acceptors (Lipinski definition) is 3. The van der Waals surface area contributed by atoms with Crippen molar-refractivity contribution in [2.45, 2.75) is 18.7 Å². The van der Waals surface area contributed by atoms with E-state index in [2.05, 4.69) is 4.98 Å². The molecule has 0 spiro atoms. The average molecular weight is 279 g/mol. The SMILES string of the molecule is Cc1ccnc(CC(P(C)(=O)O)P(=O)(O)O)c1. The van der Waals surface area contributed by atoms with Gasteiger partial charge in [0.25, 0.3) is 0 Å². The van der Waals surface area contributed by atoms with E-state index >= 15 is 0 Å². The Labute approximate surface area is 99.3 Å². The molecule has 1 rings (SSSR count). The van der Waals surface area contributed by atoms with Crippen LogP contribution in [0.25, 0.3) is 0 Å². The van der Waals surface area contributed by atoms with Crippen LogP contribution in [0.4, 0.5) is 0 Å². The highest BCUT2D eigenvalue weighted by Gasteiger charge is 2.40. The third kappa shape index (κ3) is 4.34. The summed E-state index contributed by atoms with van der Waals surface area (Å²) in [5, 5.41) is -1.59. The van der Waals surface area contributed by atoms with E-state index in [0.29, 0.717) is 5.69 Å². The molecule has 0 aliphatic carbocycles. The van der Waals surface area contributed by atoms with Gasteiger partial charge in [-0.05, 0) is 24.6 Å². The van der Waals surface area contributed by atoms with Crippen LogP contribution < -0.4 is 0 Å². The summed E-state index contributed by atoms with van der Waals surface area (Å²) in [5.41, 5.74) is 1.28. The Balaban J connectivity index is 3.04. The smallest absolute Gasteiger partial charge is 0.338 e. The van der Waals surface area contributed by atoms with Crippen molar-refractivity contribution in [3.05, 3.63) is 29.6 Å². The Kier molecular flexibility index (Phi) is 4.28. The molecule has 0 aliphatic heterocycles. The molecule has 17 heavy (non-hydrogen) atoms. The zero-order valence-corrected chi connectivity index (χ0v) is 11.3. The van der Waals surface area contributed by atoms with Gasteiger partial charge in [0.1, 0.15) is 5.40 Å². The fourth-order valence-electron chi connectivity index (χ4n) is 1.46. The molecule has 0 aliphatic rings. The second-order valence-electron chi connectivity index (χ2n) is 4.04. The molecule has 2 unspecified atom stereocenters. The van der Waals surface area contributed by atoms with Gasteiger partial charge in [-0.2, -0.15) is 0 Å². The predicted octanol–water partition coefficient (Wildman–Crippen LogP) is 1.34. The number of aryl methyl sites for hydroxylation is 1. The Morgan fingerprint density at radius 2 is 1.94 bits per heavy atom. The summed E-state index contributed by atoms with van der Waals surface area (Å²) >= 11 is 0. The third-order valence-corrected chi connectivity index (χ3v) is 6.74. The van der Waals surface area contributed by atoms with E-state index in [1.54, 1.807) is 12.1 Å². The molecule has 96 valence electrons. The summed E-state index contributed by atoms with van der Waals surface area (Å²) in [6.07, 6.45) is 1.29. The molecule has 1 heterocycles. The van der Waals surface area contributed by atoms with Crippen molar-refractivity contribution in [1.82, 2.24) is 4.98 Å². The maximum absolute atomic E-state index is 11.5. The lowest BCUT2D eigenvalue weighted by Crippen LogP contribution is -2.13. The second-order valence-corrected chi connectivity index (χ2v) is 8.76. The molecule has 0 fully saturated rings. The van der Waals surface area contributed by atoms with E-state index < -0.39 is 20.4 Å². The lowest BCUT2D eigenvalue weighted by molar-refractivity contribution is 0.362. The van der Waals surface area contributed by atoms with Crippen LogP contribution in [0.3, 0.4) is 0 Å². The fraction of sp³-hybridized carbons (Fsp3) is 0.444. The minimum Gasteiger partial charge on any atom is -0.344 e. The minimum absolute atomic E-state index is 0.212. The van der Waals surface area contributed by atoms with Crippen molar-refractivity contribution in [2.24, 2.45) is 0 Å². The predicted molar refractivity (Wildman–Crippen MR) is 64.3 cm³/mol. The Morgan fingerprint density at radius 1 is 1.35 bits per heavy atom. The van der Waals surface area contributed by atoms with Crippen LogP contribution in [-0.4, -0.2) is 31.7 Å². The van der Waals surface area contributed by atoms with Gasteiger partial charge in [-0.1, -0.05) is 0 Å². The second kappa shape index (κ2) is 5.01. The Hall–Kier alpha value is -0.510. The van der Waals surface area contributed by atoms with E-state index in [1.165, 1.54) is 6.20 Å². The van der Waals surface area contributed by atoms with Crippen molar-refractivity contribution < 1.29 is 23.8 Å². The molecule has 0 saturated heterocycles. The number of pyridine rings is 1. The van der Waals surface area contributed by atoms with Gasteiger partial charge in [-0.15, -0.1) is 0 Å². The first-order chi connectivity index (χ1) is 7.60. The van der Waals surface area contributed by atoms with Crippen molar-refractivity contribution in [3.8, 4) is 0 Å². The largest absolute Gasteiger partial charge is 0.344 e. The van der Waals surface area contributed by atoms with Crippen LogP contribution in [0.2, 0.25) is 0 Å². The lowest BCUT2D eigenvalue weighted by Gasteiger charge is -2.20. The quantitative estimate of drug-likeness (QED) is 0.718. The van der Waals surface area contributed by atoms with Gasteiger partial charge in [0, 0.05) is 25.0 Å². The Morgan fingerprint density at radius 3 is 2.35 bits per heavy atom. The van der Waals surface area contributed by atoms with E-state index in [9.17, 15) is 14.0 Å². The van der Waals surface area contributed by atoms with Gasteiger partial charge in [-0.3, -0.25) is 14.1 Å². The molecule has 0 saturated carbocycles. The molecule has 2 atom stereocenters. The summed E-state index contributed by atoms with van der Waals surface area (Å²) in [6, 6.07) is 3.37. The lowest BCUT2D eigenvalue weighted by atomic mass is 10.2. The van der Waals surface area contributed by atoms with E-state index in [-0.39, 0.29) is 6.42 Å². The van der Waals surface area contributed by atoms with Crippen LogP contribution in [0.1, 0.15) is 11.3 Å². The van der Waals surface area contributed by atoms with E-state index in [4.69, 9.17) is 9.79 Å². The zero-order chi connectivity index (χ0) is 13.3. The average Bonchev–Trinajstić information content (AvgIpc) is 2.10. The normalized spacial score (nSPS) is 17.5. The molecule has 1 aromatic heterocycles. The van der Waals surface area contributed by atoms with Gasteiger partial charge in [-0.25, -0.2) is 0 Å². The summed E-state index contributed by atoms with van der Waals surface area (Å²) in [4.78, 5) is 31.5. The van der Waals surface area contributed by atoms with Crippen LogP contribution in [0.15, 0.2) is 18.3 Å². The van der Waals surface area contributed by atoms with Crippen LogP contribution in [0.5, 0.6) is 0 Å². The van der Waals surface area contributed by atoms with Crippen molar-refractivity contribution in [1.29, 1.82) is 0 Å². The first kappa shape index (κ1) is 14.6. The van der Waals surface area contributed by atoms with Gasteiger partial charge < -0.3 is 14.7 Å². The first-order valence-electron chi connectivity index (χ1n) is 4.87. The zero-order valence-electron chi connectivity index (χ0n) is 9.52. The molecule has 0 radical (unpaired) electrons. The number of hydrogen-bond donors (Lipinski definition) is 3. The van der Waals surface area contributed by atoms with Crippen LogP contribution >= 0.6 is 15.0 Å². The standard InChI is InChI=1S/C9H15NO5P2/c1-7-3-4-10-8(5-7)6-9(16(2,11)12)17(13,14)15/h3-5,9H,6H2,1-2H3,(H,11,12)(H2,13,14,15). The number of rotatable bonds is 4. The highest BCUT2D eigenvalue weighted by atomic mass is 31.2. The highest BCUT2D eigenvalue weighted by Crippen LogP contribution is 2.61. The number of aromatic nitrogens is 1. The van der Waals surface area contributed by atoms with Crippen molar-refractivity contribution in [2.75, 3.05) is 6.66 Å². The van der Waals surface area contributed by atoms with Crippen molar-refractivity contribution in [3.63, 3.8) is 0 Å². The summed E-state index contributed by atoms with van der Waals surface area (Å²) in [6.45, 7) is 2.76. The molecule has 8 heteroatoms. The topological polar surface area (TPSA) is 108 Å². The van der Waals surface area contributed by atoms with Gasteiger partial charge in [0.15, 0.2) is 0 Å². The first-order valence-corrected chi connectivity index (χ1v) is 8.73. The molecule has 3 N–H and O–H groups in total. The van der Waals surface area contributed by atoms with Gasteiger partial charge in [0.05, 0.1) is 0 Å². The van der Waals surface area contributed by atoms with Crippen LogP contribution in [0, 0.1) is 6.92 Å². The molecule has 0 aromatic carbocycles. The monoisotopic (exact) mass is 279 g/mol. The summed E-state index contributed by atoms with van der Waals surface area (Å²) in [7, 11) is -8.51. The summed E-state index contributed by atoms with van der Waals surface area (Å²) < 4.78 is 22.7. The maximum Gasteiger partial charge on any atom is 0.338 e. The van der Waals surface area contributed by atoms with E-state index in [0.717, 1.165) is 12.2 Å². The van der Waals surface area contributed by atoms with Gasteiger partial charge in [0.2, 0.25) is 7.37 Å². The Bertz CT molecular complexity index is 470.